The first-order valence-electron chi connectivity index (χ1n) is 5.20. The third-order valence-electron chi connectivity index (χ3n) is 2.19. The maximum atomic E-state index is 11.6. The van der Waals surface area contributed by atoms with Gasteiger partial charge in [-0.05, 0) is 6.92 Å². The van der Waals surface area contributed by atoms with Crippen molar-refractivity contribution in [3.8, 4) is 0 Å². The first-order chi connectivity index (χ1) is 8.43. The molecule has 0 saturated heterocycles. The average Bonchev–Trinajstić information content (AvgIpc) is 2.70. The highest BCUT2D eigenvalue weighted by molar-refractivity contribution is 7.09. The van der Waals surface area contributed by atoms with Gasteiger partial charge < -0.3 is 20.4 Å². The molecule has 1 atom stereocenters. The molecule has 1 aromatic heterocycles. The highest BCUT2D eigenvalue weighted by Crippen LogP contribution is 2.09. The summed E-state index contributed by atoms with van der Waals surface area (Å²) >= 11 is 1.48. The molecule has 1 rings (SSSR count). The Kier molecular flexibility index (Phi) is 5.05. The highest BCUT2D eigenvalue weighted by Gasteiger charge is 2.21. The van der Waals surface area contributed by atoms with Crippen molar-refractivity contribution in [3.63, 3.8) is 0 Å². The van der Waals surface area contributed by atoms with Crippen molar-refractivity contribution in [2.45, 2.75) is 19.5 Å². The van der Waals surface area contributed by atoms with Crippen LogP contribution in [-0.2, 0) is 11.3 Å². The van der Waals surface area contributed by atoms with E-state index in [1.165, 1.54) is 23.3 Å². The summed E-state index contributed by atoms with van der Waals surface area (Å²) in [5.74, 6) is -1.27. The molecule has 8 heteroatoms. The fraction of sp³-hybridized carbons (Fsp3) is 0.500. The Hall–Kier alpha value is -1.67. The maximum Gasteiger partial charge on any atom is 0.328 e. The molecule has 7 nitrogen and oxygen atoms in total. The van der Waals surface area contributed by atoms with E-state index in [1.54, 1.807) is 0 Å². The van der Waals surface area contributed by atoms with Crippen LogP contribution in [0.4, 0.5) is 4.79 Å². The zero-order chi connectivity index (χ0) is 13.7. The van der Waals surface area contributed by atoms with Crippen LogP contribution in [0.25, 0.3) is 0 Å². The smallest absolute Gasteiger partial charge is 0.328 e. The lowest BCUT2D eigenvalue weighted by atomic mass is 10.3. The van der Waals surface area contributed by atoms with Gasteiger partial charge in [0, 0.05) is 12.4 Å². The monoisotopic (exact) mass is 273 g/mol. The number of carboxylic acid groups (broad SMARTS) is 1. The Balaban J connectivity index is 2.53. The van der Waals surface area contributed by atoms with Crippen LogP contribution in [0.1, 0.15) is 10.7 Å². The zero-order valence-electron chi connectivity index (χ0n) is 10.1. The van der Waals surface area contributed by atoms with Gasteiger partial charge in [-0.25, -0.2) is 14.6 Å². The second kappa shape index (κ2) is 6.31. The Labute approximate surface area is 108 Å². The standard InChI is InChI=1S/C10H15N3O4S/c1-6-11-7(5-18-6)3-13(2)10(17)12-8(4-14)9(15)16/h5,8,14H,3-4H2,1-2H3,(H,12,17)(H,15,16)/t8-/m0/s1. The van der Waals surface area contributed by atoms with Crippen molar-refractivity contribution in [2.75, 3.05) is 13.7 Å². The number of nitrogens with zero attached hydrogens (tertiary/aromatic N) is 2. The number of aliphatic hydroxyl groups is 1. The van der Waals surface area contributed by atoms with Crippen molar-refractivity contribution in [3.05, 3.63) is 16.1 Å². The molecule has 0 saturated carbocycles. The minimum absolute atomic E-state index is 0.286. The molecule has 0 unspecified atom stereocenters. The fourth-order valence-electron chi connectivity index (χ4n) is 1.24. The topological polar surface area (TPSA) is 103 Å². The SMILES string of the molecule is Cc1nc(CN(C)C(=O)N[C@@H](CO)C(=O)O)cs1. The van der Waals surface area contributed by atoms with E-state index >= 15 is 0 Å². The fourth-order valence-corrected chi connectivity index (χ4v) is 1.84. The lowest BCUT2D eigenvalue weighted by Gasteiger charge is -2.19. The van der Waals surface area contributed by atoms with E-state index in [1.807, 2.05) is 12.3 Å². The number of amides is 2. The first-order valence-corrected chi connectivity index (χ1v) is 6.08. The van der Waals surface area contributed by atoms with Gasteiger partial charge in [-0.3, -0.25) is 0 Å². The number of thiazole rings is 1. The number of rotatable bonds is 5. The second-order valence-corrected chi connectivity index (χ2v) is 4.80. The van der Waals surface area contributed by atoms with Crippen LogP contribution in [0.3, 0.4) is 0 Å². The Morgan fingerprint density at radius 2 is 2.28 bits per heavy atom. The summed E-state index contributed by atoms with van der Waals surface area (Å²) in [5, 5.41) is 22.4. The molecule has 2 amide bonds. The van der Waals surface area contributed by atoms with Crippen LogP contribution in [-0.4, -0.2) is 51.8 Å². The van der Waals surface area contributed by atoms with E-state index in [0.717, 1.165) is 10.7 Å². The third-order valence-corrected chi connectivity index (χ3v) is 3.01. The number of carboxylic acids is 1. The lowest BCUT2D eigenvalue weighted by Crippen LogP contribution is -2.48. The highest BCUT2D eigenvalue weighted by atomic mass is 32.1. The van der Waals surface area contributed by atoms with Gasteiger partial charge in [0.05, 0.1) is 23.9 Å². The Bertz CT molecular complexity index is 435. The van der Waals surface area contributed by atoms with E-state index in [0.29, 0.717) is 0 Å². The van der Waals surface area contributed by atoms with Crippen LogP contribution in [0, 0.1) is 6.92 Å². The summed E-state index contributed by atoms with van der Waals surface area (Å²) < 4.78 is 0. The van der Waals surface area contributed by atoms with E-state index in [4.69, 9.17) is 10.2 Å². The molecule has 0 fully saturated rings. The predicted molar refractivity (Wildman–Crippen MR) is 65.4 cm³/mol. The number of aromatic nitrogens is 1. The Morgan fingerprint density at radius 1 is 1.61 bits per heavy atom. The van der Waals surface area contributed by atoms with Crippen molar-refractivity contribution < 1.29 is 19.8 Å². The molecule has 0 bridgehead atoms. The number of aliphatic carboxylic acids is 1. The molecule has 3 N–H and O–H groups in total. The quantitative estimate of drug-likeness (QED) is 0.703. The molecular formula is C10H15N3O4S. The van der Waals surface area contributed by atoms with Gasteiger partial charge in [-0.2, -0.15) is 0 Å². The van der Waals surface area contributed by atoms with Crippen LogP contribution in [0.2, 0.25) is 0 Å². The van der Waals surface area contributed by atoms with Crippen molar-refractivity contribution >= 4 is 23.3 Å². The third kappa shape index (κ3) is 3.97. The molecule has 0 aliphatic rings. The van der Waals surface area contributed by atoms with Crippen LogP contribution in [0.15, 0.2) is 5.38 Å². The number of hydrogen-bond acceptors (Lipinski definition) is 5. The van der Waals surface area contributed by atoms with Gasteiger partial charge in [0.25, 0.3) is 0 Å². The second-order valence-electron chi connectivity index (χ2n) is 3.74. The molecule has 1 aromatic rings. The van der Waals surface area contributed by atoms with E-state index < -0.39 is 24.6 Å². The zero-order valence-corrected chi connectivity index (χ0v) is 10.9. The molecule has 0 aromatic carbocycles. The van der Waals surface area contributed by atoms with Gasteiger partial charge in [0.15, 0.2) is 6.04 Å². The molecule has 0 aliphatic carbocycles. The minimum Gasteiger partial charge on any atom is -0.480 e. The van der Waals surface area contributed by atoms with E-state index in [9.17, 15) is 9.59 Å². The van der Waals surface area contributed by atoms with Crippen molar-refractivity contribution in [1.29, 1.82) is 0 Å². The number of hydrogen-bond donors (Lipinski definition) is 3. The largest absolute Gasteiger partial charge is 0.480 e. The molecule has 0 spiro atoms. The maximum absolute atomic E-state index is 11.6. The summed E-state index contributed by atoms with van der Waals surface area (Å²) in [5.41, 5.74) is 0.742. The average molecular weight is 273 g/mol. The minimum atomic E-state index is -1.29. The number of nitrogens with one attached hydrogen (secondary N) is 1. The number of carbonyl (C=O) groups is 2. The number of aryl methyl sites for hydroxylation is 1. The summed E-state index contributed by atoms with van der Waals surface area (Å²) in [4.78, 5) is 27.8. The normalized spacial score (nSPS) is 11.9. The molecular weight excluding hydrogens is 258 g/mol. The summed E-state index contributed by atoms with van der Waals surface area (Å²) in [6.45, 7) is 1.50. The summed E-state index contributed by atoms with van der Waals surface area (Å²) in [6, 6.07) is -1.86. The summed E-state index contributed by atoms with van der Waals surface area (Å²) in [7, 11) is 1.53. The van der Waals surface area contributed by atoms with Gasteiger partial charge in [-0.15, -0.1) is 11.3 Å². The van der Waals surface area contributed by atoms with E-state index in [-0.39, 0.29) is 6.54 Å². The number of carbonyl (C=O) groups excluding carboxylic acids is 1. The van der Waals surface area contributed by atoms with Gasteiger partial charge in [0.1, 0.15) is 0 Å². The van der Waals surface area contributed by atoms with Crippen molar-refractivity contribution in [1.82, 2.24) is 15.2 Å². The summed E-state index contributed by atoms with van der Waals surface area (Å²) in [6.07, 6.45) is 0. The number of aliphatic hydroxyl groups excluding tert-OH is 1. The van der Waals surface area contributed by atoms with Gasteiger partial charge in [0.2, 0.25) is 0 Å². The van der Waals surface area contributed by atoms with Crippen LogP contribution >= 0.6 is 11.3 Å². The van der Waals surface area contributed by atoms with Crippen LogP contribution in [0.5, 0.6) is 0 Å². The van der Waals surface area contributed by atoms with Gasteiger partial charge >= 0.3 is 12.0 Å². The van der Waals surface area contributed by atoms with Crippen LogP contribution < -0.4 is 5.32 Å². The lowest BCUT2D eigenvalue weighted by molar-refractivity contribution is -0.140. The molecule has 1 heterocycles. The first kappa shape index (κ1) is 14.4. The molecule has 0 radical (unpaired) electrons. The van der Waals surface area contributed by atoms with E-state index in [2.05, 4.69) is 10.3 Å². The van der Waals surface area contributed by atoms with Gasteiger partial charge in [-0.1, -0.05) is 0 Å². The molecule has 0 aliphatic heterocycles. The molecule has 100 valence electrons. The molecule has 18 heavy (non-hydrogen) atoms. The Morgan fingerprint density at radius 3 is 2.72 bits per heavy atom. The predicted octanol–water partition coefficient (Wildman–Crippen LogP) is 0.0384. The van der Waals surface area contributed by atoms with Crippen molar-refractivity contribution in [2.24, 2.45) is 0 Å². The number of urea groups is 1.